The molecule has 5 nitrogen and oxygen atoms in total. The second-order valence-corrected chi connectivity index (χ2v) is 4.26. The van der Waals surface area contributed by atoms with Crippen molar-refractivity contribution < 1.29 is 23.8 Å². The molecule has 0 atom stereocenters. The maximum absolute atomic E-state index is 11.6. The average Bonchev–Trinajstić information content (AvgIpc) is 2.41. The Balaban J connectivity index is 2.91. The molecule has 5 heteroatoms. The highest BCUT2D eigenvalue weighted by Crippen LogP contribution is 2.32. The van der Waals surface area contributed by atoms with Crippen molar-refractivity contribution in [1.82, 2.24) is 0 Å². The SMILES string of the molecule is CCCC(=O)Oc1ccc(OC)cc1OC(=O)CCC. The highest BCUT2D eigenvalue weighted by molar-refractivity contribution is 5.76. The van der Waals surface area contributed by atoms with E-state index in [9.17, 15) is 9.59 Å². The van der Waals surface area contributed by atoms with Crippen molar-refractivity contribution in [2.75, 3.05) is 7.11 Å². The molecule has 0 saturated carbocycles. The van der Waals surface area contributed by atoms with Crippen LogP contribution in [-0.4, -0.2) is 19.0 Å². The number of benzene rings is 1. The number of rotatable bonds is 7. The molecule has 0 aliphatic carbocycles. The van der Waals surface area contributed by atoms with Crippen LogP contribution in [0.1, 0.15) is 39.5 Å². The first-order valence-corrected chi connectivity index (χ1v) is 6.70. The van der Waals surface area contributed by atoms with E-state index < -0.39 is 0 Å². The lowest BCUT2D eigenvalue weighted by atomic mass is 10.3. The fourth-order valence-corrected chi connectivity index (χ4v) is 1.54. The van der Waals surface area contributed by atoms with Gasteiger partial charge in [-0.1, -0.05) is 13.8 Å². The van der Waals surface area contributed by atoms with E-state index in [-0.39, 0.29) is 23.4 Å². The zero-order valence-electron chi connectivity index (χ0n) is 12.1. The lowest BCUT2D eigenvalue weighted by Gasteiger charge is -2.11. The zero-order chi connectivity index (χ0) is 15.0. The molecule has 0 N–H and O–H groups in total. The van der Waals surface area contributed by atoms with Crippen LogP contribution in [0, 0.1) is 0 Å². The molecule has 0 spiro atoms. The summed E-state index contributed by atoms with van der Waals surface area (Å²) in [5.74, 6) is 0.236. The van der Waals surface area contributed by atoms with Crippen molar-refractivity contribution >= 4 is 11.9 Å². The minimum atomic E-state index is -0.367. The second kappa shape index (κ2) is 8.19. The van der Waals surface area contributed by atoms with Crippen LogP contribution in [0.5, 0.6) is 17.2 Å². The molecule has 0 amide bonds. The van der Waals surface area contributed by atoms with Gasteiger partial charge in [0.05, 0.1) is 7.11 Å². The predicted molar refractivity (Wildman–Crippen MR) is 74.1 cm³/mol. The normalized spacial score (nSPS) is 9.95. The Bertz CT molecular complexity index is 467. The summed E-state index contributed by atoms with van der Waals surface area (Å²) in [6, 6.07) is 4.73. The number of methoxy groups -OCH3 is 1. The van der Waals surface area contributed by atoms with Crippen LogP contribution in [0.4, 0.5) is 0 Å². The maximum atomic E-state index is 11.6. The van der Waals surface area contributed by atoms with Crippen molar-refractivity contribution in [2.45, 2.75) is 39.5 Å². The molecule has 1 aromatic carbocycles. The van der Waals surface area contributed by atoms with Gasteiger partial charge in [-0.05, 0) is 25.0 Å². The van der Waals surface area contributed by atoms with Crippen molar-refractivity contribution in [1.29, 1.82) is 0 Å². The third-order valence-corrected chi connectivity index (χ3v) is 2.51. The molecule has 0 saturated heterocycles. The van der Waals surface area contributed by atoms with E-state index in [4.69, 9.17) is 14.2 Å². The van der Waals surface area contributed by atoms with E-state index in [1.807, 2.05) is 13.8 Å². The number of hydrogen-bond acceptors (Lipinski definition) is 5. The van der Waals surface area contributed by atoms with E-state index in [0.717, 1.165) is 0 Å². The molecule has 0 unspecified atom stereocenters. The van der Waals surface area contributed by atoms with E-state index >= 15 is 0 Å². The van der Waals surface area contributed by atoms with Crippen molar-refractivity contribution in [2.24, 2.45) is 0 Å². The zero-order valence-corrected chi connectivity index (χ0v) is 12.1. The molecule has 110 valence electrons. The van der Waals surface area contributed by atoms with Gasteiger partial charge >= 0.3 is 11.9 Å². The van der Waals surface area contributed by atoms with Crippen LogP contribution < -0.4 is 14.2 Å². The number of carbonyl (C=O) groups is 2. The summed E-state index contributed by atoms with van der Waals surface area (Å²) in [4.78, 5) is 23.1. The molecule has 1 aromatic rings. The van der Waals surface area contributed by atoms with Crippen LogP contribution in [0.3, 0.4) is 0 Å². The molecule has 0 aromatic heterocycles. The van der Waals surface area contributed by atoms with E-state index in [1.54, 1.807) is 12.1 Å². The third-order valence-electron chi connectivity index (χ3n) is 2.51. The van der Waals surface area contributed by atoms with E-state index in [1.165, 1.54) is 13.2 Å². The van der Waals surface area contributed by atoms with Gasteiger partial charge in [-0.15, -0.1) is 0 Å². The van der Waals surface area contributed by atoms with Crippen LogP contribution in [0.25, 0.3) is 0 Å². The summed E-state index contributed by atoms with van der Waals surface area (Å²) in [5.41, 5.74) is 0. The Hall–Kier alpha value is -2.04. The van der Waals surface area contributed by atoms with Crippen molar-refractivity contribution in [3.05, 3.63) is 18.2 Å². The molecule has 0 heterocycles. The van der Waals surface area contributed by atoms with Gasteiger partial charge in [-0.25, -0.2) is 0 Å². The van der Waals surface area contributed by atoms with Crippen LogP contribution in [-0.2, 0) is 9.59 Å². The lowest BCUT2D eigenvalue weighted by molar-refractivity contribution is -0.137. The quantitative estimate of drug-likeness (QED) is 0.567. The average molecular weight is 280 g/mol. The Kier molecular flexibility index (Phi) is 6.56. The molecule has 1 rings (SSSR count). The highest BCUT2D eigenvalue weighted by Gasteiger charge is 2.14. The van der Waals surface area contributed by atoms with E-state index in [0.29, 0.717) is 31.4 Å². The van der Waals surface area contributed by atoms with Gasteiger partial charge in [0.1, 0.15) is 5.75 Å². The Morgan fingerprint density at radius 3 is 2.00 bits per heavy atom. The predicted octanol–water partition coefficient (Wildman–Crippen LogP) is 3.11. The molecule has 0 aliphatic heterocycles. The first-order chi connectivity index (χ1) is 9.60. The minimum absolute atomic E-state index is 0.201. The summed E-state index contributed by atoms with van der Waals surface area (Å²) in [5, 5.41) is 0. The Labute approximate surface area is 118 Å². The molecule has 0 bridgehead atoms. The Morgan fingerprint density at radius 2 is 1.50 bits per heavy atom. The molecular weight excluding hydrogens is 260 g/mol. The summed E-state index contributed by atoms with van der Waals surface area (Å²) in [7, 11) is 1.51. The fourth-order valence-electron chi connectivity index (χ4n) is 1.54. The van der Waals surface area contributed by atoms with Gasteiger partial charge in [0.2, 0.25) is 0 Å². The van der Waals surface area contributed by atoms with Gasteiger partial charge in [-0.3, -0.25) is 9.59 Å². The Morgan fingerprint density at radius 1 is 0.950 bits per heavy atom. The summed E-state index contributed by atoms with van der Waals surface area (Å²) >= 11 is 0. The molecular formula is C15H20O5. The highest BCUT2D eigenvalue weighted by atomic mass is 16.6. The van der Waals surface area contributed by atoms with Crippen LogP contribution >= 0.6 is 0 Å². The first-order valence-electron chi connectivity index (χ1n) is 6.70. The van der Waals surface area contributed by atoms with Crippen LogP contribution in [0.15, 0.2) is 18.2 Å². The maximum Gasteiger partial charge on any atom is 0.311 e. The second-order valence-electron chi connectivity index (χ2n) is 4.26. The number of esters is 2. The van der Waals surface area contributed by atoms with Crippen molar-refractivity contribution in [3.8, 4) is 17.2 Å². The van der Waals surface area contributed by atoms with Gasteiger partial charge in [0.15, 0.2) is 11.5 Å². The number of carbonyl (C=O) groups excluding carboxylic acids is 2. The van der Waals surface area contributed by atoms with Gasteiger partial charge in [0, 0.05) is 18.9 Å². The van der Waals surface area contributed by atoms with Crippen molar-refractivity contribution in [3.63, 3.8) is 0 Å². The smallest absolute Gasteiger partial charge is 0.311 e. The molecule has 0 aliphatic rings. The lowest BCUT2D eigenvalue weighted by Crippen LogP contribution is -2.11. The topological polar surface area (TPSA) is 61.8 Å². The molecule has 0 radical (unpaired) electrons. The molecule has 20 heavy (non-hydrogen) atoms. The van der Waals surface area contributed by atoms with Gasteiger partial charge < -0.3 is 14.2 Å². The monoisotopic (exact) mass is 280 g/mol. The number of hydrogen-bond donors (Lipinski definition) is 0. The largest absolute Gasteiger partial charge is 0.497 e. The van der Waals surface area contributed by atoms with Crippen LogP contribution in [0.2, 0.25) is 0 Å². The first kappa shape index (κ1) is 16.0. The fraction of sp³-hybridized carbons (Fsp3) is 0.467. The number of ether oxygens (including phenoxy) is 3. The minimum Gasteiger partial charge on any atom is -0.497 e. The standard InChI is InChI=1S/C15H20O5/c1-4-6-14(16)19-12-9-8-11(18-3)10-13(12)20-15(17)7-5-2/h8-10H,4-7H2,1-3H3. The van der Waals surface area contributed by atoms with E-state index in [2.05, 4.69) is 0 Å². The third kappa shape index (κ3) is 4.91. The summed E-state index contributed by atoms with van der Waals surface area (Å²) < 4.78 is 15.5. The molecule has 0 fully saturated rings. The van der Waals surface area contributed by atoms with Gasteiger partial charge in [-0.2, -0.15) is 0 Å². The summed E-state index contributed by atoms with van der Waals surface area (Å²) in [6.45, 7) is 3.77. The summed E-state index contributed by atoms with van der Waals surface area (Å²) in [6.07, 6.45) is 2.00. The van der Waals surface area contributed by atoms with Gasteiger partial charge in [0.25, 0.3) is 0 Å².